The van der Waals surface area contributed by atoms with Gasteiger partial charge < -0.3 is 14.4 Å². The van der Waals surface area contributed by atoms with Gasteiger partial charge in [0.2, 0.25) is 5.28 Å². The molecular weight excluding hydrogens is 352 g/mol. The van der Waals surface area contributed by atoms with Crippen LogP contribution in [0, 0.1) is 5.92 Å². The quantitative estimate of drug-likeness (QED) is 0.699. The van der Waals surface area contributed by atoms with E-state index >= 15 is 0 Å². The number of rotatable bonds is 1. The molecule has 3 aliphatic heterocycles. The zero-order valence-corrected chi connectivity index (χ0v) is 16.8. The summed E-state index contributed by atoms with van der Waals surface area (Å²) in [5.74, 6) is 1.26. The van der Waals surface area contributed by atoms with Crippen molar-refractivity contribution in [1.29, 1.82) is 0 Å². The summed E-state index contributed by atoms with van der Waals surface area (Å²) in [6, 6.07) is 0. The molecule has 1 atom stereocenters. The first kappa shape index (κ1) is 18.1. The van der Waals surface area contributed by atoms with E-state index in [-0.39, 0.29) is 11.2 Å². The molecule has 2 fully saturated rings. The Morgan fingerprint density at radius 2 is 1.88 bits per heavy atom. The van der Waals surface area contributed by atoms with Gasteiger partial charge in [0.25, 0.3) is 0 Å². The molecule has 0 spiro atoms. The Kier molecular flexibility index (Phi) is 4.48. The minimum Gasteiger partial charge on any atom is -0.372 e. The number of nitrogens with zero attached hydrogens (tertiary/aromatic N) is 4. The third-order valence-corrected chi connectivity index (χ3v) is 5.70. The Morgan fingerprint density at radius 1 is 1.08 bits per heavy atom. The lowest BCUT2D eigenvalue weighted by Crippen LogP contribution is -2.48. The second kappa shape index (κ2) is 6.43. The largest absolute Gasteiger partial charge is 0.372 e. The van der Waals surface area contributed by atoms with Gasteiger partial charge in [-0.2, -0.15) is 4.98 Å². The molecule has 0 aliphatic carbocycles. The van der Waals surface area contributed by atoms with E-state index in [1.54, 1.807) is 0 Å². The average molecular weight is 379 g/mol. The molecule has 1 aromatic rings. The van der Waals surface area contributed by atoms with Crippen LogP contribution in [-0.2, 0) is 15.9 Å². The third-order valence-electron chi connectivity index (χ3n) is 5.53. The number of hydrogen-bond acceptors (Lipinski definition) is 6. The fourth-order valence-electron chi connectivity index (χ4n) is 4.26. The highest BCUT2D eigenvalue weighted by atomic mass is 35.5. The third kappa shape index (κ3) is 3.35. The zero-order chi connectivity index (χ0) is 18.5. The summed E-state index contributed by atoms with van der Waals surface area (Å²) in [6.45, 7) is 11.4. The molecule has 0 bridgehead atoms. The van der Waals surface area contributed by atoms with Crippen LogP contribution in [-0.4, -0.2) is 53.2 Å². The van der Waals surface area contributed by atoms with E-state index in [4.69, 9.17) is 26.1 Å². The molecule has 1 aromatic heterocycles. The van der Waals surface area contributed by atoms with Gasteiger partial charge in [0.1, 0.15) is 11.3 Å². The Labute approximate surface area is 160 Å². The highest BCUT2D eigenvalue weighted by molar-refractivity contribution is 6.28. The van der Waals surface area contributed by atoms with Gasteiger partial charge in [0.05, 0.1) is 23.6 Å². The van der Waals surface area contributed by atoms with E-state index in [1.165, 1.54) is 0 Å². The highest BCUT2D eigenvalue weighted by Gasteiger charge is 2.39. The van der Waals surface area contributed by atoms with Crippen molar-refractivity contribution in [3.05, 3.63) is 11.0 Å². The molecule has 1 unspecified atom stereocenters. The van der Waals surface area contributed by atoms with Gasteiger partial charge in [-0.15, -0.1) is 0 Å². The Morgan fingerprint density at radius 3 is 2.65 bits per heavy atom. The Balaban J connectivity index is 1.82. The fourth-order valence-corrected chi connectivity index (χ4v) is 4.44. The number of aryl methyl sites for hydroxylation is 1. The van der Waals surface area contributed by atoms with E-state index < -0.39 is 0 Å². The molecule has 3 aliphatic rings. The Hall–Kier alpha value is -1.24. The minimum atomic E-state index is -0.355. The van der Waals surface area contributed by atoms with E-state index in [2.05, 4.69) is 42.6 Å². The van der Waals surface area contributed by atoms with E-state index in [0.717, 1.165) is 61.9 Å². The summed E-state index contributed by atoms with van der Waals surface area (Å²) in [5, 5.41) is 0.295. The molecule has 142 valence electrons. The van der Waals surface area contributed by atoms with Gasteiger partial charge >= 0.3 is 0 Å². The molecule has 0 saturated carbocycles. The number of aliphatic imine (C=N–C) groups is 1. The average Bonchev–Trinajstić information content (AvgIpc) is 2.73. The fraction of sp³-hybridized carbons (Fsp3) is 0.737. The second-order valence-electron chi connectivity index (χ2n) is 8.52. The zero-order valence-electron chi connectivity index (χ0n) is 16.0. The van der Waals surface area contributed by atoms with Gasteiger partial charge in [-0.05, 0) is 58.6 Å². The smallest absolute Gasteiger partial charge is 0.224 e. The van der Waals surface area contributed by atoms with Crippen LogP contribution in [0.1, 0.15) is 46.2 Å². The number of anilines is 1. The van der Waals surface area contributed by atoms with Crippen LogP contribution in [0.3, 0.4) is 0 Å². The maximum Gasteiger partial charge on any atom is 0.224 e. The maximum absolute atomic E-state index is 6.28. The van der Waals surface area contributed by atoms with Gasteiger partial charge in [0, 0.05) is 25.6 Å². The molecule has 0 N–H and O–H groups in total. The Bertz CT molecular complexity index is 747. The summed E-state index contributed by atoms with van der Waals surface area (Å²) < 4.78 is 11.9. The second-order valence-corrected chi connectivity index (χ2v) is 8.86. The number of halogens is 1. The van der Waals surface area contributed by atoms with Crippen LogP contribution in [0.2, 0.25) is 5.28 Å². The molecule has 4 heterocycles. The highest BCUT2D eigenvalue weighted by Crippen LogP contribution is 2.40. The van der Waals surface area contributed by atoms with E-state index in [9.17, 15) is 0 Å². The van der Waals surface area contributed by atoms with E-state index in [1.807, 2.05) is 0 Å². The van der Waals surface area contributed by atoms with Gasteiger partial charge in [-0.1, -0.05) is 0 Å². The first-order valence-corrected chi connectivity index (χ1v) is 9.81. The molecule has 2 saturated heterocycles. The van der Waals surface area contributed by atoms with Crippen LogP contribution in [0.5, 0.6) is 0 Å². The van der Waals surface area contributed by atoms with Crippen molar-refractivity contribution in [3.8, 4) is 0 Å². The van der Waals surface area contributed by atoms with Crippen molar-refractivity contribution in [2.75, 3.05) is 31.2 Å². The van der Waals surface area contributed by atoms with Crippen LogP contribution in [0.25, 0.3) is 0 Å². The monoisotopic (exact) mass is 378 g/mol. The molecule has 6 nitrogen and oxygen atoms in total. The van der Waals surface area contributed by atoms with Crippen molar-refractivity contribution in [2.24, 2.45) is 10.9 Å². The van der Waals surface area contributed by atoms with Crippen molar-refractivity contribution >= 4 is 28.8 Å². The predicted molar refractivity (Wildman–Crippen MR) is 103 cm³/mol. The number of ether oxygens (including phenoxy) is 2. The van der Waals surface area contributed by atoms with Crippen LogP contribution in [0.4, 0.5) is 11.5 Å². The first-order chi connectivity index (χ1) is 12.3. The van der Waals surface area contributed by atoms with Crippen molar-refractivity contribution in [2.45, 2.75) is 58.2 Å². The lowest BCUT2D eigenvalue weighted by molar-refractivity contribution is -0.0278. The summed E-state index contributed by atoms with van der Waals surface area (Å²) in [7, 11) is 0. The molecular formula is C19H27ClN4O2. The summed E-state index contributed by atoms with van der Waals surface area (Å²) in [6.07, 6.45) is 2.91. The minimum absolute atomic E-state index is 0.226. The topological polar surface area (TPSA) is 59.8 Å². The number of fused-ring (bicyclic) bond motifs is 2. The normalized spacial score (nSPS) is 27.2. The SMILES string of the molecule is CC1(C)CN(c2nc(Cl)nc3c2N=C2C(CCOC2(C)C)CC3)CCO1. The van der Waals surface area contributed by atoms with Crippen LogP contribution >= 0.6 is 11.6 Å². The number of aromatic nitrogens is 2. The van der Waals surface area contributed by atoms with Gasteiger partial charge in [0.15, 0.2) is 5.82 Å². The van der Waals surface area contributed by atoms with Crippen molar-refractivity contribution in [1.82, 2.24) is 9.97 Å². The lowest BCUT2D eigenvalue weighted by Gasteiger charge is -2.39. The molecule has 4 rings (SSSR count). The van der Waals surface area contributed by atoms with Gasteiger partial charge in [-0.3, -0.25) is 0 Å². The van der Waals surface area contributed by atoms with Crippen molar-refractivity contribution in [3.63, 3.8) is 0 Å². The van der Waals surface area contributed by atoms with E-state index in [0.29, 0.717) is 17.8 Å². The molecule has 0 amide bonds. The van der Waals surface area contributed by atoms with Gasteiger partial charge in [-0.25, -0.2) is 9.98 Å². The molecule has 0 aromatic carbocycles. The molecule has 7 heteroatoms. The number of hydrogen-bond donors (Lipinski definition) is 0. The summed E-state index contributed by atoms with van der Waals surface area (Å²) in [5.41, 5.74) is 2.34. The van der Waals surface area contributed by atoms with Crippen LogP contribution < -0.4 is 4.90 Å². The lowest BCUT2D eigenvalue weighted by atomic mass is 9.83. The van der Waals surface area contributed by atoms with Crippen LogP contribution in [0.15, 0.2) is 4.99 Å². The maximum atomic E-state index is 6.28. The summed E-state index contributed by atoms with van der Waals surface area (Å²) in [4.78, 5) is 16.4. The molecule has 0 radical (unpaired) electrons. The predicted octanol–water partition coefficient (Wildman–Crippen LogP) is 3.58. The molecule has 26 heavy (non-hydrogen) atoms. The van der Waals surface area contributed by atoms with Crippen molar-refractivity contribution < 1.29 is 9.47 Å². The number of morpholine rings is 1. The first-order valence-electron chi connectivity index (χ1n) is 9.43. The summed E-state index contributed by atoms with van der Waals surface area (Å²) >= 11 is 6.28. The standard InChI is InChI=1S/C19H27ClN4O2/c1-18(2)11-24(8-10-25-18)16-14-13(21-17(20)23-16)6-5-12-7-9-26-19(3,4)15(12)22-14/h12H,5-11H2,1-4H3.